The molecule has 0 aliphatic carbocycles. The third-order valence-electron chi connectivity index (χ3n) is 4.43. The number of phenols is 1. The van der Waals surface area contributed by atoms with E-state index in [2.05, 4.69) is 26.1 Å². The lowest BCUT2D eigenvalue weighted by Gasteiger charge is -2.19. The van der Waals surface area contributed by atoms with Gasteiger partial charge in [-0.2, -0.15) is 0 Å². The summed E-state index contributed by atoms with van der Waals surface area (Å²) in [5.74, 6) is 0.159. The third kappa shape index (κ3) is 4.96. The number of benzene rings is 2. The fraction of sp³-hybridized carbons (Fsp3) is 0.227. The molecular weight excluding hydrogens is 388 g/mol. The van der Waals surface area contributed by atoms with Crippen molar-refractivity contribution in [3.05, 3.63) is 81.8 Å². The molecule has 8 heteroatoms. The lowest BCUT2D eigenvalue weighted by molar-refractivity contribution is -0.384. The number of carbonyl (C=O) groups excluding carboxylic acids is 1. The van der Waals surface area contributed by atoms with Crippen LogP contribution in [0.4, 0.5) is 11.4 Å². The molecule has 1 heterocycles. The maximum absolute atomic E-state index is 12.3. The third-order valence-corrected chi connectivity index (χ3v) is 4.43. The molecule has 0 fully saturated rings. The Morgan fingerprint density at radius 2 is 1.83 bits per heavy atom. The molecule has 0 unspecified atom stereocenters. The van der Waals surface area contributed by atoms with E-state index in [0.29, 0.717) is 11.5 Å². The number of rotatable bonds is 6. The first-order valence-electron chi connectivity index (χ1n) is 9.24. The van der Waals surface area contributed by atoms with Gasteiger partial charge in [-0.25, -0.2) is 0 Å². The molecule has 0 bridgehead atoms. The van der Waals surface area contributed by atoms with E-state index in [9.17, 15) is 20.0 Å². The van der Waals surface area contributed by atoms with Gasteiger partial charge in [0.2, 0.25) is 0 Å². The number of aromatic hydroxyl groups is 1. The van der Waals surface area contributed by atoms with Gasteiger partial charge >= 0.3 is 0 Å². The van der Waals surface area contributed by atoms with Crippen LogP contribution in [0.2, 0.25) is 0 Å². The number of nitro benzene ring substituents is 1. The van der Waals surface area contributed by atoms with Gasteiger partial charge in [0, 0.05) is 12.1 Å². The molecule has 0 saturated heterocycles. The number of carbonyl (C=O) groups is 1. The highest BCUT2D eigenvalue weighted by molar-refractivity contribution is 6.03. The Labute approximate surface area is 173 Å². The van der Waals surface area contributed by atoms with Gasteiger partial charge in [-0.3, -0.25) is 14.9 Å². The van der Waals surface area contributed by atoms with Gasteiger partial charge in [-0.15, -0.1) is 0 Å². The predicted octanol–water partition coefficient (Wildman–Crippen LogP) is 5.02. The van der Waals surface area contributed by atoms with Crippen molar-refractivity contribution in [2.75, 3.05) is 5.32 Å². The zero-order valence-corrected chi connectivity index (χ0v) is 16.8. The number of anilines is 1. The van der Waals surface area contributed by atoms with Crippen LogP contribution in [-0.4, -0.2) is 15.9 Å². The van der Waals surface area contributed by atoms with Gasteiger partial charge in [0.25, 0.3) is 11.6 Å². The molecule has 3 aromatic rings. The summed E-state index contributed by atoms with van der Waals surface area (Å²) in [6, 6.07) is 14.2. The summed E-state index contributed by atoms with van der Waals surface area (Å²) < 4.78 is 11.2. The summed E-state index contributed by atoms with van der Waals surface area (Å²) in [5, 5.41) is 23.1. The van der Waals surface area contributed by atoms with Gasteiger partial charge in [0.1, 0.15) is 23.9 Å². The minimum absolute atomic E-state index is 0.0115. The summed E-state index contributed by atoms with van der Waals surface area (Å²) in [6.07, 6.45) is 0. The average Bonchev–Trinajstić information content (AvgIpc) is 3.17. The topological polar surface area (TPSA) is 115 Å². The summed E-state index contributed by atoms with van der Waals surface area (Å²) in [4.78, 5) is 22.6. The minimum atomic E-state index is -0.647. The maximum Gasteiger partial charge on any atom is 0.291 e. The molecule has 2 aromatic carbocycles. The number of non-ortho nitro benzene ring substituents is 1. The molecule has 8 nitrogen and oxygen atoms in total. The molecule has 2 N–H and O–H groups in total. The fourth-order valence-corrected chi connectivity index (χ4v) is 2.70. The largest absolute Gasteiger partial charge is 0.506 e. The van der Waals surface area contributed by atoms with Crippen molar-refractivity contribution in [1.29, 1.82) is 0 Å². The number of nitrogens with one attached hydrogen (secondary N) is 1. The van der Waals surface area contributed by atoms with E-state index in [0.717, 1.165) is 18.2 Å². The first-order chi connectivity index (χ1) is 14.1. The highest BCUT2D eigenvalue weighted by Gasteiger charge is 2.17. The Hall–Kier alpha value is -3.81. The Morgan fingerprint density at radius 3 is 2.47 bits per heavy atom. The predicted molar refractivity (Wildman–Crippen MR) is 111 cm³/mol. The Balaban J connectivity index is 1.63. The first-order valence-corrected chi connectivity index (χ1v) is 9.24. The zero-order chi connectivity index (χ0) is 21.9. The Bertz CT molecular complexity index is 1060. The van der Waals surface area contributed by atoms with Crippen molar-refractivity contribution in [2.45, 2.75) is 32.8 Å². The number of nitro groups is 1. The van der Waals surface area contributed by atoms with E-state index >= 15 is 0 Å². The van der Waals surface area contributed by atoms with Crippen LogP contribution in [0.25, 0.3) is 0 Å². The number of amides is 1. The molecule has 30 heavy (non-hydrogen) atoms. The van der Waals surface area contributed by atoms with Gasteiger partial charge in [0.15, 0.2) is 5.76 Å². The summed E-state index contributed by atoms with van der Waals surface area (Å²) in [6.45, 7) is 6.52. The summed E-state index contributed by atoms with van der Waals surface area (Å²) in [7, 11) is 0. The van der Waals surface area contributed by atoms with Crippen LogP contribution >= 0.6 is 0 Å². The molecule has 156 valence electrons. The molecule has 1 amide bonds. The molecule has 0 atom stereocenters. The molecule has 0 saturated carbocycles. The molecule has 0 aliphatic heterocycles. The van der Waals surface area contributed by atoms with E-state index in [4.69, 9.17) is 9.15 Å². The van der Waals surface area contributed by atoms with E-state index < -0.39 is 10.8 Å². The quantitative estimate of drug-likeness (QED) is 0.335. The standard InChI is InChI=1S/C22H22N2O6/c1-22(2,3)14-4-7-16(8-5-14)29-13-17-9-11-20(30-17)21(26)23-18-12-15(24(27)28)6-10-19(18)25/h4-12,25H,13H2,1-3H3,(H,23,26). The Morgan fingerprint density at radius 1 is 1.13 bits per heavy atom. The minimum Gasteiger partial charge on any atom is -0.506 e. The maximum atomic E-state index is 12.3. The zero-order valence-electron chi connectivity index (χ0n) is 16.8. The van der Waals surface area contributed by atoms with Crippen molar-refractivity contribution in [1.82, 2.24) is 0 Å². The van der Waals surface area contributed by atoms with Crippen molar-refractivity contribution < 1.29 is 24.0 Å². The number of hydrogen-bond donors (Lipinski definition) is 2. The van der Waals surface area contributed by atoms with Crippen molar-refractivity contribution in [3.63, 3.8) is 0 Å². The number of nitrogens with zero attached hydrogens (tertiary/aromatic N) is 1. The molecule has 0 aliphatic rings. The van der Waals surface area contributed by atoms with Gasteiger partial charge in [0.05, 0.1) is 10.6 Å². The Kier molecular flexibility index (Phi) is 5.77. The van der Waals surface area contributed by atoms with E-state index in [1.165, 1.54) is 11.6 Å². The van der Waals surface area contributed by atoms with Crippen LogP contribution in [0.15, 0.2) is 59.0 Å². The summed E-state index contributed by atoms with van der Waals surface area (Å²) >= 11 is 0. The van der Waals surface area contributed by atoms with Gasteiger partial charge < -0.3 is 19.6 Å². The molecule has 0 spiro atoms. The van der Waals surface area contributed by atoms with Crippen LogP contribution in [-0.2, 0) is 12.0 Å². The van der Waals surface area contributed by atoms with Crippen LogP contribution in [0.1, 0.15) is 42.6 Å². The molecule has 0 radical (unpaired) electrons. The van der Waals surface area contributed by atoms with Crippen LogP contribution in [0.3, 0.4) is 0 Å². The smallest absolute Gasteiger partial charge is 0.291 e. The second-order valence-electron chi connectivity index (χ2n) is 7.74. The fourth-order valence-electron chi connectivity index (χ4n) is 2.70. The highest BCUT2D eigenvalue weighted by Crippen LogP contribution is 2.28. The lowest BCUT2D eigenvalue weighted by Crippen LogP contribution is -2.11. The lowest BCUT2D eigenvalue weighted by atomic mass is 9.87. The van der Waals surface area contributed by atoms with Crippen LogP contribution in [0, 0.1) is 10.1 Å². The molecular formula is C22H22N2O6. The normalized spacial score (nSPS) is 11.2. The van der Waals surface area contributed by atoms with E-state index in [1.54, 1.807) is 6.07 Å². The van der Waals surface area contributed by atoms with Gasteiger partial charge in [-0.05, 0) is 41.3 Å². The van der Waals surface area contributed by atoms with Crippen molar-refractivity contribution in [3.8, 4) is 11.5 Å². The number of furan rings is 1. The highest BCUT2D eigenvalue weighted by atomic mass is 16.6. The van der Waals surface area contributed by atoms with Crippen molar-refractivity contribution in [2.24, 2.45) is 0 Å². The SMILES string of the molecule is CC(C)(C)c1ccc(OCc2ccc(C(=O)Nc3cc([N+](=O)[O-])ccc3O)o2)cc1. The average molecular weight is 410 g/mol. The monoisotopic (exact) mass is 410 g/mol. The van der Waals surface area contributed by atoms with E-state index in [1.807, 2.05) is 24.3 Å². The van der Waals surface area contributed by atoms with E-state index in [-0.39, 0.29) is 34.9 Å². The molecule has 1 aromatic heterocycles. The first kappa shape index (κ1) is 20.9. The van der Waals surface area contributed by atoms with Crippen molar-refractivity contribution >= 4 is 17.3 Å². The number of phenolic OH excluding ortho intramolecular Hbond substituents is 1. The second kappa shape index (κ2) is 8.28. The van der Waals surface area contributed by atoms with Crippen LogP contribution in [0.5, 0.6) is 11.5 Å². The number of ether oxygens (including phenoxy) is 1. The summed E-state index contributed by atoms with van der Waals surface area (Å²) in [5.41, 5.74) is 0.905. The van der Waals surface area contributed by atoms with Crippen LogP contribution < -0.4 is 10.1 Å². The number of hydrogen-bond acceptors (Lipinski definition) is 6. The molecule has 3 rings (SSSR count). The second-order valence-corrected chi connectivity index (χ2v) is 7.74. The van der Waals surface area contributed by atoms with Gasteiger partial charge in [-0.1, -0.05) is 32.9 Å².